The molecule has 4 saturated heterocycles. The van der Waals surface area contributed by atoms with Crippen molar-refractivity contribution >= 4 is 23.6 Å². The van der Waals surface area contributed by atoms with Crippen molar-refractivity contribution in [2.75, 3.05) is 18.9 Å². The Bertz CT molecular complexity index is 1250. The van der Waals surface area contributed by atoms with Crippen LogP contribution in [0, 0.1) is 17.3 Å². The summed E-state index contributed by atoms with van der Waals surface area (Å²) in [5, 5.41) is 3.31. The van der Waals surface area contributed by atoms with Crippen molar-refractivity contribution in [3.63, 3.8) is 0 Å². The minimum atomic E-state index is -0.685. The molecule has 2 amide bonds. The summed E-state index contributed by atoms with van der Waals surface area (Å²) in [5.41, 5.74) is 0.790. The molecule has 6 atom stereocenters. The summed E-state index contributed by atoms with van der Waals surface area (Å²) in [4.78, 5) is 32.8. The molecule has 1 aromatic rings. The van der Waals surface area contributed by atoms with Gasteiger partial charge in [0.2, 0.25) is 11.8 Å². The molecule has 5 fully saturated rings. The Morgan fingerprint density at radius 3 is 2.60 bits per heavy atom. The molecule has 1 saturated carbocycles. The average molecular weight is 476 g/mol. The molecule has 3 spiro atoms. The number of piperazine rings is 1. The van der Waals surface area contributed by atoms with Gasteiger partial charge >= 0.3 is 0 Å². The number of benzene rings is 1. The fraction of sp³-hybridized carbons (Fsp3) is 0.655. The van der Waals surface area contributed by atoms with Gasteiger partial charge in [-0.2, -0.15) is 0 Å². The molecule has 6 aliphatic heterocycles. The highest BCUT2D eigenvalue weighted by atomic mass is 16.5. The monoisotopic (exact) mass is 475 g/mol. The van der Waals surface area contributed by atoms with Gasteiger partial charge in [-0.1, -0.05) is 26.8 Å². The van der Waals surface area contributed by atoms with Crippen LogP contribution in [0.5, 0.6) is 5.75 Å². The fourth-order valence-corrected chi connectivity index (χ4v) is 9.60. The number of piperidine rings is 2. The van der Waals surface area contributed by atoms with Crippen LogP contribution in [0.25, 0.3) is 6.08 Å². The van der Waals surface area contributed by atoms with Crippen LogP contribution in [-0.2, 0) is 15.0 Å². The van der Waals surface area contributed by atoms with E-state index in [4.69, 9.17) is 4.74 Å². The summed E-state index contributed by atoms with van der Waals surface area (Å²) < 4.78 is 6.23. The molecule has 7 aliphatic rings. The van der Waals surface area contributed by atoms with E-state index in [1.807, 2.05) is 27.0 Å². The first-order chi connectivity index (χ1) is 16.3. The third kappa shape index (κ3) is 2.12. The van der Waals surface area contributed by atoms with Crippen molar-refractivity contribution in [2.24, 2.45) is 17.3 Å². The molecular weight excluding hydrogens is 438 g/mol. The second-order valence-corrected chi connectivity index (χ2v) is 13.5. The Hall–Kier alpha value is -2.34. The lowest BCUT2D eigenvalue weighted by Crippen LogP contribution is -2.80. The molecule has 1 aromatic carbocycles. The maximum absolute atomic E-state index is 14.2. The first-order valence-corrected chi connectivity index (χ1v) is 13.2. The number of fused-ring (bicyclic) bond motifs is 5. The predicted octanol–water partition coefficient (Wildman–Crippen LogP) is 4.19. The molecule has 6 heterocycles. The minimum Gasteiger partial charge on any atom is -0.483 e. The van der Waals surface area contributed by atoms with E-state index >= 15 is 0 Å². The molecule has 0 aromatic heterocycles. The maximum Gasteiger partial charge on any atom is 0.243 e. The van der Waals surface area contributed by atoms with Gasteiger partial charge in [0.25, 0.3) is 0 Å². The van der Waals surface area contributed by atoms with E-state index in [1.165, 1.54) is 0 Å². The lowest BCUT2D eigenvalue weighted by molar-refractivity contribution is -0.192. The van der Waals surface area contributed by atoms with Gasteiger partial charge in [-0.3, -0.25) is 14.5 Å². The Balaban J connectivity index is 1.42. The van der Waals surface area contributed by atoms with Gasteiger partial charge in [-0.25, -0.2) is 0 Å². The van der Waals surface area contributed by atoms with Crippen LogP contribution in [0.4, 0.5) is 5.69 Å². The Morgan fingerprint density at radius 1 is 1.11 bits per heavy atom. The van der Waals surface area contributed by atoms with Crippen LogP contribution < -0.4 is 10.1 Å². The number of anilines is 1. The molecule has 6 nitrogen and oxygen atoms in total. The summed E-state index contributed by atoms with van der Waals surface area (Å²) >= 11 is 0. The van der Waals surface area contributed by atoms with Gasteiger partial charge in [0, 0.05) is 25.2 Å². The van der Waals surface area contributed by atoms with E-state index in [1.54, 1.807) is 0 Å². The molecule has 1 unspecified atom stereocenters. The SMILES string of the molecule is CC1C[C@H](C)[C@@]23C[C@H]4C(C)(C)[C@@]5(C[C@]4(CN12)N(C)C3=O)C(=O)Nc1c5ccc2c1C=CC(C)(C)O2. The lowest BCUT2D eigenvalue weighted by Gasteiger charge is -2.65. The van der Waals surface area contributed by atoms with E-state index in [2.05, 4.69) is 61.0 Å². The number of rotatable bonds is 0. The zero-order chi connectivity index (χ0) is 24.9. The summed E-state index contributed by atoms with van der Waals surface area (Å²) in [7, 11) is 2.01. The number of ether oxygens (including phenoxy) is 1. The van der Waals surface area contributed by atoms with Crippen LogP contribution in [-0.4, -0.2) is 57.9 Å². The van der Waals surface area contributed by atoms with E-state index in [9.17, 15) is 9.59 Å². The van der Waals surface area contributed by atoms with E-state index in [0.717, 1.165) is 42.0 Å². The summed E-state index contributed by atoms with van der Waals surface area (Å²) in [6.07, 6.45) is 6.74. The topological polar surface area (TPSA) is 61.9 Å². The van der Waals surface area contributed by atoms with Gasteiger partial charge in [-0.15, -0.1) is 0 Å². The van der Waals surface area contributed by atoms with Crippen molar-refractivity contribution < 1.29 is 14.3 Å². The molecule has 35 heavy (non-hydrogen) atoms. The summed E-state index contributed by atoms with van der Waals surface area (Å²) in [6.45, 7) is 14.1. The summed E-state index contributed by atoms with van der Waals surface area (Å²) in [5.74, 6) is 1.74. The van der Waals surface area contributed by atoms with Crippen LogP contribution >= 0.6 is 0 Å². The Kier molecular flexibility index (Phi) is 3.73. The van der Waals surface area contributed by atoms with E-state index in [0.29, 0.717) is 18.4 Å². The Morgan fingerprint density at radius 2 is 1.86 bits per heavy atom. The summed E-state index contributed by atoms with van der Waals surface area (Å²) in [6, 6.07) is 4.56. The first-order valence-electron chi connectivity index (χ1n) is 13.2. The van der Waals surface area contributed by atoms with Crippen molar-refractivity contribution in [1.82, 2.24) is 9.80 Å². The van der Waals surface area contributed by atoms with Gasteiger partial charge in [-0.05, 0) is 81.1 Å². The molecule has 0 radical (unpaired) electrons. The molecule has 2 bridgehead atoms. The quantitative estimate of drug-likeness (QED) is 0.611. The zero-order valence-electron chi connectivity index (χ0n) is 22.0. The largest absolute Gasteiger partial charge is 0.483 e. The van der Waals surface area contributed by atoms with Crippen LogP contribution in [0.2, 0.25) is 0 Å². The number of amides is 2. The molecule has 8 rings (SSSR count). The van der Waals surface area contributed by atoms with Crippen molar-refractivity contribution in [2.45, 2.75) is 88.9 Å². The van der Waals surface area contributed by atoms with Gasteiger partial charge in [0.05, 0.1) is 16.6 Å². The average Bonchev–Trinajstić information content (AvgIpc) is 3.29. The van der Waals surface area contributed by atoms with E-state index < -0.39 is 11.0 Å². The number of carbonyl (C=O) groups excluding carboxylic acids is 2. The predicted molar refractivity (Wildman–Crippen MR) is 135 cm³/mol. The fourth-order valence-electron chi connectivity index (χ4n) is 9.60. The first kappa shape index (κ1) is 21.9. The molecule has 1 aliphatic carbocycles. The van der Waals surface area contributed by atoms with Gasteiger partial charge in [0.15, 0.2) is 0 Å². The Labute approximate surface area is 208 Å². The van der Waals surface area contributed by atoms with E-state index in [-0.39, 0.29) is 34.3 Å². The van der Waals surface area contributed by atoms with Crippen molar-refractivity contribution in [3.8, 4) is 5.75 Å². The lowest BCUT2D eigenvalue weighted by atomic mass is 9.56. The van der Waals surface area contributed by atoms with Crippen molar-refractivity contribution in [3.05, 3.63) is 29.3 Å². The number of nitrogens with zero attached hydrogens (tertiary/aromatic N) is 2. The third-order valence-electron chi connectivity index (χ3n) is 11.4. The second kappa shape index (κ2) is 5.96. The molecule has 186 valence electrons. The standard InChI is InChI=1S/C29H37N3O3/c1-16-12-17(2)32-15-27-14-28(26(5,6)21(27)13-29(16,32)24(34)31(27)7)19-8-9-20-18(22(19)30-23(28)33)10-11-25(3,4)35-20/h8-11,16-17,21H,12-15H2,1-7H3,(H,30,33)/t16-,17?,21-,27+,28+,29+/m0/s1. The van der Waals surface area contributed by atoms with Crippen LogP contribution in [0.1, 0.15) is 71.9 Å². The number of hydrogen-bond acceptors (Lipinski definition) is 4. The zero-order valence-corrected chi connectivity index (χ0v) is 22.0. The highest BCUT2D eigenvalue weighted by molar-refractivity contribution is 6.10. The molecular formula is C29H37N3O3. The smallest absolute Gasteiger partial charge is 0.243 e. The van der Waals surface area contributed by atoms with Crippen molar-refractivity contribution in [1.29, 1.82) is 0 Å². The third-order valence-corrected chi connectivity index (χ3v) is 11.4. The highest BCUT2D eigenvalue weighted by Crippen LogP contribution is 2.72. The van der Waals surface area contributed by atoms with Crippen LogP contribution in [0.15, 0.2) is 18.2 Å². The number of likely N-dealkylation sites (N-methyl/N-ethyl adjacent to an activating group) is 1. The molecule has 1 N–H and O–H groups in total. The minimum absolute atomic E-state index is 0.0796. The normalized spacial score (nSPS) is 43.6. The maximum atomic E-state index is 14.2. The number of nitrogens with one attached hydrogen (secondary N) is 1. The van der Waals surface area contributed by atoms with Gasteiger partial charge in [0.1, 0.15) is 16.9 Å². The number of carbonyl (C=O) groups is 2. The highest BCUT2D eigenvalue weighted by Gasteiger charge is 2.80. The number of hydrogen-bond donors (Lipinski definition) is 1. The van der Waals surface area contributed by atoms with Crippen LogP contribution in [0.3, 0.4) is 0 Å². The molecule has 6 heteroatoms. The van der Waals surface area contributed by atoms with Gasteiger partial charge < -0.3 is 15.0 Å². The second-order valence-electron chi connectivity index (χ2n) is 13.5.